The number of aryl methyl sites for hydroxylation is 1. The standard InChI is InChI=1S/C17H17ClF3N3O6/c1-4-11(16(25)28-5-2)30-12-8-9(6-7-10(12)24(26)27)29-15-13(18)14(17(19,20)21)23(3)22-15/h6-8,11H,4-5H2,1-3H3/t11-/m1/s1. The zero-order valence-electron chi connectivity index (χ0n) is 16.0. The quantitative estimate of drug-likeness (QED) is 0.330. The molecule has 0 saturated heterocycles. The summed E-state index contributed by atoms with van der Waals surface area (Å²) in [5.41, 5.74) is -1.70. The number of carbonyl (C=O) groups excluding carboxylic acids is 1. The van der Waals surface area contributed by atoms with E-state index in [4.69, 9.17) is 25.8 Å². The van der Waals surface area contributed by atoms with Gasteiger partial charge in [0.05, 0.1) is 11.5 Å². The van der Waals surface area contributed by atoms with E-state index in [9.17, 15) is 28.1 Å². The van der Waals surface area contributed by atoms with Crippen molar-refractivity contribution < 1.29 is 37.1 Å². The molecule has 0 fully saturated rings. The van der Waals surface area contributed by atoms with Crippen LogP contribution in [-0.2, 0) is 22.8 Å². The van der Waals surface area contributed by atoms with Crippen LogP contribution in [0.5, 0.6) is 17.4 Å². The Kier molecular flexibility index (Phi) is 7.13. The Hall–Kier alpha value is -3.02. The SMILES string of the molecule is CCOC(=O)[C@@H](CC)Oc1cc(Oc2nn(C)c(C(F)(F)F)c2Cl)ccc1[N+](=O)[O-]. The molecule has 30 heavy (non-hydrogen) atoms. The summed E-state index contributed by atoms with van der Waals surface area (Å²) < 4.78 is 55.2. The molecular weight excluding hydrogens is 435 g/mol. The first-order valence-corrected chi connectivity index (χ1v) is 8.96. The highest BCUT2D eigenvalue weighted by Crippen LogP contribution is 2.41. The number of alkyl halides is 3. The maximum Gasteiger partial charge on any atom is 0.434 e. The molecule has 1 aromatic carbocycles. The van der Waals surface area contributed by atoms with Gasteiger partial charge in [0, 0.05) is 19.2 Å². The van der Waals surface area contributed by atoms with E-state index in [2.05, 4.69) is 5.10 Å². The second-order valence-corrected chi connectivity index (χ2v) is 6.22. The highest BCUT2D eigenvalue weighted by Gasteiger charge is 2.39. The Balaban J connectivity index is 2.39. The molecule has 0 N–H and O–H groups in total. The molecule has 0 aliphatic rings. The number of hydrogen-bond acceptors (Lipinski definition) is 7. The summed E-state index contributed by atoms with van der Waals surface area (Å²) in [5.74, 6) is -1.74. The Morgan fingerprint density at radius 1 is 1.37 bits per heavy atom. The van der Waals surface area contributed by atoms with E-state index < -0.39 is 45.5 Å². The summed E-state index contributed by atoms with van der Waals surface area (Å²) in [5, 5.41) is 14.1. The molecule has 0 amide bonds. The van der Waals surface area contributed by atoms with Crippen LogP contribution >= 0.6 is 11.6 Å². The maximum atomic E-state index is 13.0. The van der Waals surface area contributed by atoms with E-state index in [0.29, 0.717) is 4.68 Å². The van der Waals surface area contributed by atoms with Crippen LogP contribution in [-0.4, -0.2) is 33.4 Å². The monoisotopic (exact) mass is 451 g/mol. The highest BCUT2D eigenvalue weighted by atomic mass is 35.5. The van der Waals surface area contributed by atoms with Crippen molar-refractivity contribution in [1.82, 2.24) is 9.78 Å². The van der Waals surface area contributed by atoms with Crippen LogP contribution in [0.2, 0.25) is 5.02 Å². The minimum atomic E-state index is -4.77. The summed E-state index contributed by atoms with van der Waals surface area (Å²) in [6.45, 7) is 3.29. The molecule has 0 bridgehead atoms. The Morgan fingerprint density at radius 3 is 2.53 bits per heavy atom. The number of esters is 1. The van der Waals surface area contributed by atoms with E-state index >= 15 is 0 Å². The molecule has 1 heterocycles. The van der Waals surface area contributed by atoms with Crippen molar-refractivity contribution in [3.05, 3.63) is 39.0 Å². The topological polar surface area (TPSA) is 106 Å². The van der Waals surface area contributed by atoms with Gasteiger partial charge in [0.15, 0.2) is 11.8 Å². The lowest BCUT2D eigenvalue weighted by molar-refractivity contribution is -0.386. The van der Waals surface area contributed by atoms with Crippen LogP contribution in [0.4, 0.5) is 18.9 Å². The van der Waals surface area contributed by atoms with Gasteiger partial charge in [0.25, 0.3) is 5.88 Å². The van der Waals surface area contributed by atoms with Crippen molar-refractivity contribution in [3.8, 4) is 17.4 Å². The van der Waals surface area contributed by atoms with Gasteiger partial charge in [0.2, 0.25) is 5.75 Å². The normalized spacial score (nSPS) is 12.4. The zero-order valence-corrected chi connectivity index (χ0v) is 16.8. The van der Waals surface area contributed by atoms with Gasteiger partial charge in [-0.15, -0.1) is 5.10 Å². The van der Waals surface area contributed by atoms with E-state index in [1.54, 1.807) is 13.8 Å². The van der Waals surface area contributed by atoms with Crippen molar-refractivity contribution in [2.75, 3.05) is 6.61 Å². The molecule has 2 aromatic rings. The number of nitrogens with zero attached hydrogens (tertiary/aromatic N) is 3. The number of carbonyl (C=O) groups is 1. The average Bonchev–Trinajstić information content (AvgIpc) is 2.93. The first-order valence-electron chi connectivity index (χ1n) is 8.58. The lowest BCUT2D eigenvalue weighted by Crippen LogP contribution is -2.28. The van der Waals surface area contributed by atoms with Crippen LogP contribution < -0.4 is 9.47 Å². The van der Waals surface area contributed by atoms with E-state index in [0.717, 1.165) is 25.2 Å². The fourth-order valence-electron chi connectivity index (χ4n) is 2.45. The Labute approximate surface area is 173 Å². The van der Waals surface area contributed by atoms with Crippen LogP contribution in [0.25, 0.3) is 0 Å². The number of rotatable bonds is 8. The van der Waals surface area contributed by atoms with Gasteiger partial charge in [0.1, 0.15) is 10.8 Å². The minimum Gasteiger partial charge on any atom is -0.471 e. The third-order valence-corrected chi connectivity index (χ3v) is 4.10. The largest absolute Gasteiger partial charge is 0.471 e. The van der Waals surface area contributed by atoms with Crippen molar-refractivity contribution >= 4 is 23.3 Å². The van der Waals surface area contributed by atoms with Crippen LogP contribution in [0.1, 0.15) is 26.0 Å². The molecule has 0 aliphatic carbocycles. The number of halogens is 4. The molecule has 0 saturated carbocycles. The smallest absolute Gasteiger partial charge is 0.434 e. The predicted octanol–water partition coefficient (Wildman–Crippen LogP) is 4.51. The third-order valence-electron chi connectivity index (χ3n) is 3.76. The van der Waals surface area contributed by atoms with E-state index in [-0.39, 0.29) is 24.5 Å². The Bertz CT molecular complexity index is 948. The number of nitro groups is 1. The molecule has 2 rings (SSSR count). The van der Waals surface area contributed by atoms with E-state index in [1.165, 1.54) is 0 Å². The second kappa shape index (κ2) is 9.20. The first-order chi connectivity index (χ1) is 14.0. The van der Waals surface area contributed by atoms with Gasteiger partial charge in [-0.2, -0.15) is 13.2 Å². The fraction of sp³-hybridized carbons (Fsp3) is 0.412. The molecule has 9 nitrogen and oxygen atoms in total. The average molecular weight is 452 g/mol. The lowest BCUT2D eigenvalue weighted by atomic mass is 10.2. The number of hydrogen-bond donors (Lipinski definition) is 0. The van der Waals surface area contributed by atoms with Crippen LogP contribution in [0.15, 0.2) is 18.2 Å². The molecule has 0 aliphatic heterocycles. The molecule has 0 spiro atoms. The van der Waals surface area contributed by atoms with Crippen molar-refractivity contribution in [2.45, 2.75) is 32.5 Å². The molecule has 164 valence electrons. The maximum absolute atomic E-state index is 13.0. The number of nitro benzene ring substituents is 1. The summed E-state index contributed by atoms with van der Waals surface area (Å²) in [4.78, 5) is 22.5. The molecule has 1 atom stereocenters. The molecule has 0 unspecified atom stereocenters. The van der Waals surface area contributed by atoms with Crippen molar-refractivity contribution in [2.24, 2.45) is 7.05 Å². The zero-order chi connectivity index (χ0) is 22.6. The lowest BCUT2D eigenvalue weighted by Gasteiger charge is -2.16. The molecular formula is C17H17ClF3N3O6. The van der Waals surface area contributed by atoms with Gasteiger partial charge in [-0.3, -0.25) is 14.8 Å². The summed E-state index contributed by atoms with van der Waals surface area (Å²) in [7, 11) is 1.04. The third kappa shape index (κ3) is 5.12. The summed E-state index contributed by atoms with van der Waals surface area (Å²) in [6.07, 6.45) is -5.74. The minimum absolute atomic E-state index is 0.0870. The number of ether oxygens (including phenoxy) is 3. The van der Waals surface area contributed by atoms with E-state index in [1.807, 2.05) is 0 Å². The van der Waals surface area contributed by atoms with Crippen molar-refractivity contribution in [3.63, 3.8) is 0 Å². The van der Waals surface area contributed by atoms with Gasteiger partial charge in [-0.05, 0) is 19.4 Å². The Morgan fingerprint density at radius 2 is 2.03 bits per heavy atom. The van der Waals surface area contributed by atoms with Gasteiger partial charge in [-0.25, -0.2) is 4.79 Å². The first kappa shape index (κ1) is 23.3. The number of aromatic nitrogens is 2. The highest BCUT2D eigenvalue weighted by molar-refractivity contribution is 6.32. The second-order valence-electron chi connectivity index (χ2n) is 5.84. The van der Waals surface area contributed by atoms with Crippen molar-refractivity contribution in [1.29, 1.82) is 0 Å². The van der Waals surface area contributed by atoms with Gasteiger partial charge in [-0.1, -0.05) is 18.5 Å². The molecule has 1 aromatic heterocycles. The predicted molar refractivity (Wildman–Crippen MR) is 97.7 cm³/mol. The number of benzene rings is 1. The summed E-state index contributed by atoms with van der Waals surface area (Å²) >= 11 is 5.74. The van der Waals surface area contributed by atoms with Crippen LogP contribution in [0.3, 0.4) is 0 Å². The van der Waals surface area contributed by atoms with Crippen LogP contribution in [0, 0.1) is 10.1 Å². The summed E-state index contributed by atoms with van der Waals surface area (Å²) in [6, 6.07) is 3.21. The molecule has 0 radical (unpaired) electrons. The molecule has 13 heteroatoms. The van der Waals surface area contributed by atoms with Gasteiger partial charge >= 0.3 is 17.8 Å². The van der Waals surface area contributed by atoms with Gasteiger partial charge < -0.3 is 14.2 Å². The fourth-order valence-corrected chi connectivity index (χ4v) is 2.75.